The lowest BCUT2D eigenvalue weighted by Gasteiger charge is -2.35. The van der Waals surface area contributed by atoms with E-state index < -0.39 is 17.4 Å². The number of nitrogens with zero attached hydrogens (tertiary/aromatic N) is 3. The molecule has 8 heteroatoms. The van der Waals surface area contributed by atoms with Gasteiger partial charge in [0.05, 0.1) is 28.9 Å². The second kappa shape index (κ2) is 7.23. The van der Waals surface area contributed by atoms with Gasteiger partial charge in [-0.05, 0) is 36.4 Å². The number of pyridine rings is 1. The van der Waals surface area contributed by atoms with Gasteiger partial charge < -0.3 is 5.11 Å². The molecule has 0 saturated heterocycles. The zero-order chi connectivity index (χ0) is 20.8. The topological polar surface area (TPSA) is 77.2 Å². The number of aromatic nitrogens is 1. The van der Waals surface area contributed by atoms with Gasteiger partial charge in [-0.25, -0.2) is 4.39 Å². The highest BCUT2D eigenvalue weighted by Gasteiger charge is 2.52. The van der Waals surface area contributed by atoms with Crippen molar-refractivity contribution in [2.75, 3.05) is 0 Å². The second-order valence-electron chi connectivity index (χ2n) is 6.49. The molecule has 1 amide bonds. The standard InChI is InChI=1S/C21H12BrClFN3O2/c22-14-8-16-19(17(24)9-14)21(29,13-3-5-15(23)6-4-13)27(20(16)28)11-18-12(10-25)2-1-7-26-18/h1-9,29H,11H2. The van der Waals surface area contributed by atoms with Gasteiger partial charge in [-0.1, -0.05) is 39.7 Å². The maximum Gasteiger partial charge on any atom is 0.257 e. The van der Waals surface area contributed by atoms with E-state index in [9.17, 15) is 19.6 Å². The molecular formula is C21H12BrClFN3O2. The molecule has 1 aliphatic heterocycles. The van der Waals surface area contributed by atoms with E-state index >= 15 is 0 Å². The zero-order valence-electron chi connectivity index (χ0n) is 14.7. The molecule has 5 nitrogen and oxygen atoms in total. The van der Waals surface area contributed by atoms with Crippen LogP contribution in [0, 0.1) is 17.1 Å². The van der Waals surface area contributed by atoms with Gasteiger partial charge in [0.15, 0.2) is 5.72 Å². The Morgan fingerprint density at radius 3 is 2.69 bits per heavy atom. The molecule has 2 aromatic carbocycles. The predicted molar refractivity (Wildman–Crippen MR) is 107 cm³/mol. The number of benzene rings is 2. The van der Waals surface area contributed by atoms with E-state index in [-0.39, 0.29) is 28.8 Å². The largest absolute Gasteiger partial charge is 0.363 e. The van der Waals surface area contributed by atoms with Crippen molar-refractivity contribution in [2.45, 2.75) is 12.3 Å². The van der Waals surface area contributed by atoms with E-state index in [1.807, 2.05) is 6.07 Å². The van der Waals surface area contributed by atoms with E-state index in [2.05, 4.69) is 20.9 Å². The molecule has 1 N–H and O–H groups in total. The van der Waals surface area contributed by atoms with Gasteiger partial charge in [-0.2, -0.15) is 5.26 Å². The Balaban J connectivity index is 1.94. The Morgan fingerprint density at radius 1 is 1.28 bits per heavy atom. The maximum absolute atomic E-state index is 15.0. The Kier molecular flexibility index (Phi) is 4.87. The highest BCUT2D eigenvalue weighted by molar-refractivity contribution is 9.10. The molecule has 4 rings (SSSR count). The smallest absolute Gasteiger partial charge is 0.257 e. The third-order valence-corrected chi connectivity index (χ3v) is 5.54. The van der Waals surface area contributed by atoms with Crippen LogP contribution in [0.3, 0.4) is 0 Å². The SMILES string of the molecule is N#Cc1cccnc1CN1C(=O)c2cc(Br)cc(F)c2C1(O)c1ccc(Cl)cc1. The molecule has 1 atom stereocenters. The van der Waals surface area contributed by atoms with Crippen molar-refractivity contribution in [1.82, 2.24) is 9.88 Å². The summed E-state index contributed by atoms with van der Waals surface area (Å²) in [5, 5.41) is 21.5. The number of halogens is 3. The predicted octanol–water partition coefficient (Wildman–Crippen LogP) is 4.36. The minimum absolute atomic E-state index is 0.0313. The number of carbonyl (C=O) groups excluding carboxylic acids is 1. The first-order valence-electron chi connectivity index (χ1n) is 8.50. The van der Waals surface area contributed by atoms with Crippen LogP contribution in [0.2, 0.25) is 5.02 Å². The molecule has 0 bridgehead atoms. The minimum atomic E-state index is -2.09. The van der Waals surface area contributed by atoms with Crippen molar-refractivity contribution in [3.05, 3.63) is 98.0 Å². The summed E-state index contributed by atoms with van der Waals surface area (Å²) in [4.78, 5) is 18.5. The van der Waals surface area contributed by atoms with Crippen LogP contribution in [-0.2, 0) is 12.3 Å². The molecule has 2 heterocycles. The fourth-order valence-corrected chi connectivity index (χ4v) is 4.06. The summed E-state index contributed by atoms with van der Waals surface area (Å²) in [6, 6.07) is 14.0. The van der Waals surface area contributed by atoms with Crippen LogP contribution in [0.25, 0.3) is 0 Å². The van der Waals surface area contributed by atoms with Crippen molar-refractivity contribution in [3.63, 3.8) is 0 Å². The molecular weight excluding hydrogens is 461 g/mol. The molecule has 3 aromatic rings. The van der Waals surface area contributed by atoms with Crippen molar-refractivity contribution >= 4 is 33.4 Å². The third kappa shape index (κ3) is 3.10. The van der Waals surface area contributed by atoms with Crippen molar-refractivity contribution in [2.24, 2.45) is 0 Å². The molecule has 1 unspecified atom stereocenters. The summed E-state index contributed by atoms with van der Waals surface area (Å²) < 4.78 is 15.4. The van der Waals surface area contributed by atoms with Crippen LogP contribution < -0.4 is 0 Å². The fourth-order valence-electron chi connectivity index (χ4n) is 3.51. The summed E-state index contributed by atoms with van der Waals surface area (Å²) in [6.45, 7) is -0.187. The number of nitriles is 1. The Morgan fingerprint density at radius 2 is 2.00 bits per heavy atom. The third-order valence-electron chi connectivity index (χ3n) is 4.84. The summed E-state index contributed by atoms with van der Waals surface area (Å²) in [5.74, 6) is -1.31. The number of hydrogen-bond acceptors (Lipinski definition) is 4. The molecule has 0 aliphatic carbocycles. The van der Waals surface area contributed by atoms with Gasteiger partial charge in [0.25, 0.3) is 5.91 Å². The molecule has 0 radical (unpaired) electrons. The number of aliphatic hydroxyl groups is 1. The van der Waals surface area contributed by atoms with E-state index in [0.29, 0.717) is 15.2 Å². The lowest BCUT2D eigenvalue weighted by atomic mass is 9.93. The van der Waals surface area contributed by atoms with Crippen molar-refractivity contribution in [3.8, 4) is 6.07 Å². The van der Waals surface area contributed by atoms with Crippen LogP contribution in [0.1, 0.15) is 32.7 Å². The lowest BCUT2D eigenvalue weighted by molar-refractivity contribution is -0.0567. The van der Waals surface area contributed by atoms with Gasteiger partial charge >= 0.3 is 0 Å². The van der Waals surface area contributed by atoms with Crippen molar-refractivity contribution < 1.29 is 14.3 Å². The average Bonchev–Trinajstić information content (AvgIpc) is 2.91. The number of hydrogen-bond donors (Lipinski definition) is 1. The van der Waals surface area contributed by atoms with Gasteiger partial charge in [0.2, 0.25) is 0 Å². The average molecular weight is 473 g/mol. The van der Waals surface area contributed by atoms with Crippen LogP contribution >= 0.6 is 27.5 Å². The lowest BCUT2D eigenvalue weighted by Crippen LogP contribution is -2.44. The summed E-state index contributed by atoms with van der Waals surface area (Å²) in [6.07, 6.45) is 1.49. The highest BCUT2D eigenvalue weighted by atomic mass is 79.9. The Bertz CT molecular complexity index is 1180. The first-order chi connectivity index (χ1) is 13.9. The van der Waals surface area contributed by atoms with Crippen LogP contribution in [0.5, 0.6) is 0 Å². The van der Waals surface area contributed by atoms with Gasteiger partial charge in [0.1, 0.15) is 11.9 Å². The minimum Gasteiger partial charge on any atom is -0.363 e. The fraction of sp³-hybridized carbons (Fsp3) is 0.0952. The van der Waals surface area contributed by atoms with E-state index in [0.717, 1.165) is 4.90 Å². The van der Waals surface area contributed by atoms with E-state index in [1.165, 1.54) is 30.5 Å². The number of rotatable bonds is 3. The van der Waals surface area contributed by atoms with E-state index in [1.54, 1.807) is 24.3 Å². The number of amides is 1. The quantitative estimate of drug-likeness (QED) is 0.614. The summed E-state index contributed by atoms with van der Waals surface area (Å²) in [7, 11) is 0. The van der Waals surface area contributed by atoms with E-state index in [4.69, 9.17) is 11.6 Å². The van der Waals surface area contributed by atoms with Gasteiger partial charge in [0, 0.05) is 21.3 Å². The molecule has 1 aromatic heterocycles. The molecule has 29 heavy (non-hydrogen) atoms. The monoisotopic (exact) mass is 471 g/mol. The first kappa shape index (κ1) is 19.5. The highest BCUT2D eigenvalue weighted by Crippen LogP contribution is 2.45. The Labute approximate surface area is 179 Å². The van der Waals surface area contributed by atoms with Crippen LogP contribution in [-0.4, -0.2) is 20.9 Å². The first-order valence-corrected chi connectivity index (χ1v) is 9.67. The maximum atomic E-state index is 15.0. The normalized spacial score (nSPS) is 17.9. The summed E-state index contributed by atoms with van der Waals surface area (Å²) in [5.41, 5.74) is -1.39. The van der Waals surface area contributed by atoms with Crippen molar-refractivity contribution in [1.29, 1.82) is 5.26 Å². The molecule has 0 saturated carbocycles. The van der Waals surface area contributed by atoms with Crippen LogP contribution in [0.15, 0.2) is 59.2 Å². The molecule has 144 valence electrons. The zero-order valence-corrected chi connectivity index (χ0v) is 17.1. The Hall–Kier alpha value is -2.79. The van der Waals surface area contributed by atoms with Gasteiger partial charge in [-0.3, -0.25) is 14.7 Å². The molecule has 1 aliphatic rings. The molecule has 0 fully saturated rings. The second-order valence-corrected chi connectivity index (χ2v) is 7.84. The summed E-state index contributed by atoms with van der Waals surface area (Å²) >= 11 is 9.15. The molecule has 0 spiro atoms. The number of fused-ring (bicyclic) bond motifs is 1. The van der Waals surface area contributed by atoms with Crippen LogP contribution in [0.4, 0.5) is 4.39 Å². The number of carbonyl (C=O) groups is 1. The van der Waals surface area contributed by atoms with Gasteiger partial charge in [-0.15, -0.1) is 0 Å².